The molecular formula is C21H42O4. The van der Waals surface area contributed by atoms with Crippen LogP contribution in [0.4, 0.5) is 0 Å². The number of hydrogen-bond donors (Lipinski definition) is 2. The van der Waals surface area contributed by atoms with E-state index in [1.807, 2.05) is 0 Å². The Labute approximate surface area is 155 Å². The summed E-state index contributed by atoms with van der Waals surface area (Å²) in [5, 5.41) is 18.4. The Kier molecular flexibility index (Phi) is 18.0. The van der Waals surface area contributed by atoms with Crippen molar-refractivity contribution in [2.45, 2.75) is 116 Å². The maximum Gasteiger partial charge on any atom is 0.161 e. The van der Waals surface area contributed by atoms with E-state index in [1.165, 1.54) is 84.0 Å². The Bertz CT molecular complexity index is 294. The Morgan fingerprint density at radius 3 is 1.56 bits per heavy atom. The number of ketones is 1. The fourth-order valence-corrected chi connectivity index (χ4v) is 3.10. The quantitative estimate of drug-likeness (QED) is 0.326. The van der Waals surface area contributed by atoms with Crippen molar-refractivity contribution in [2.75, 3.05) is 13.2 Å². The molecular weight excluding hydrogens is 316 g/mol. The van der Waals surface area contributed by atoms with Gasteiger partial charge in [-0.05, 0) is 13.3 Å². The molecule has 0 saturated heterocycles. The average molecular weight is 359 g/mol. The van der Waals surface area contributed by atoms with Gasteiger partial charge in [0.25, 0.3) is 0 Å². The molecule has 0 rings (SSSR count). The first-order valence-corrected chi connectivity index (χ1v) is 10.5. The van der Waals surface area contributed by atoms with Crippen LogP contribution in [-0.4, -0.2) is 41.4 Å². The molecule has 0 fully saturated rings. The summed E-state index contributed by atoms with van der Waals surface area (Å²) in [6.45, 7) is 3.68. The fraction of sp³-hybridized carbons (Fsp3) is 0.952. The molecule has 150 valence electrons. The van der Waals surface area contributed by atoms with Crippen LogP contribution in [0.5, 0.6) is 0 Å². The summed E-state index contributed by atoms with van der Waals surface area (Å²) >= 11 is 0. The van der Waals surface area contributed by atoms with Gasteiger partial charge in [-0.15, -0.1) is 0 Å². The van der Waals surface area contributed by atoms with E-state index in [9.17, 15) is 9.90 Å². The van der Waals surface area contributed by atoms with Crippen molar-refractivity contribution in [3.05, 3.63) is 0 Å². The van der Waals surface area contributed by atoms with E-state index >= 15 is 0 Å². The molecule has 0 bridgehead atoms. The summed E-state index contributed by atoms with van der Waals surface area (Å²) in [7, 11) is 0. The van der Waals surface area contributed by atoms with Gasteiger partial charge < -0.3 is 14.9 Å². The standard InChI is InChI=1S/C21H42O4/c1-3-4-5-6-7-8-9-10-11-12-13-14-15-16-17-25-21(19(2)23)20(24)18-22/h20-22,24H,3-18H2,1-2H3. The minimum atomic E-state index is -1.11. The first-order valence-electron chi connectivity index (χ1n) is 10.5. The van der Waals surface area contributed by atoms with Crippen LogP contribution in [0.25, 0.3) is 0 Å². The van der Waals surface area contributed by atoms with E-state index in [0.29, 0.717) is 6.61 Å². The van der Waals surface area contributed by atoms with E-state index < -0.39 is 18.8 Å². The minimum Gasteiger partial charge on any atom is -0.394 e. The predicted octanol–water partition coefficient (Wildman–Crippen LogP) is 4.80. The van der Waals surface area contributed by atoms with Crippen molar-refractivity contribution in [3.8, 4) is 0 Å². The number of carbonyl (C=O) groups excluding carboxylic acids is 1. The van der Waals surface area contributed by atoms with Gasteiger partial charge in [0.05, 0.1) is 6.61 Å². The molecule has 0 aromatic heterocycles. The SMILES string of the molecule is CCCCCCCCCCCCCCCCOC(C(C)=O)C(O)CO. The third-order valence-electron chi connectivity index (χ3n) is 4.73. The predicted molar refractivity (Wildman–Crippen MR) is 104 cm³/mol. The zero-order chi connectivity index (χ0) is 18.8. The van der Waals surface area contributed by atoms with Gasteiger partial charge in [-0.3, -0.25) is 4.79 Å². The fourth-order valence-electron chi connectivity index (χ4n) is 3.10. The lowest BCUT2D eigenvalue weighted by molar-refractivity contribution is -0.138. The molecule has 0 amide bonds. The molecule has 0 aromatic rings. The number of aliphatic hydroxyl groups excluding tert-OH is 2. The van der Waals surface area contributed by atoms with E-state index in [-0.39, 0.29) is 5.78 Å². The van der Waals surface area contributed by atoms with Crippen molar-refractivity contribution in [3.63, 3.8) is 0 Å². The number of unbranched alkanes of at least 4 members (excludes halogenated alkanes) is 13. The number of hydrogen-bond acceptors (Lipinski definition) is 4. The second kappa shape index (κ2) is 18.3. The van der Waals surface area contributed by atoms with Crippen molar-refractivity contribution in [2.24, 2.45) is 0 Å². The summed E-state index contributed by atoms with van der Waals surface area (Å²) in [6.07, 6.45) is 16.3. The number of carbonyl (C=O) groups is 1. The van der Waals surface area contributed by atoms with Gasteiger partial charge in [-0.2, -0.15) is 0 Å². The number of rotatable bonds is 19. The van der Waals surface area contributed by atoms with E-state index in [0.717, 1.165) is 12.8 Å². The summed E-state index contributed by atoms with van der Waals surface area (Å²) < 4.78 is 5.40. The molecule has 0 heterocycles. The molecule has 2 N–H and O–H groups in total. The lowest BCUT2D eigenvalue weighted by Crippen LogP contribution is -2.37. The molecule has 0 saturated carbocycles. The number of aliphatic hydroxyl groups is 2. The largest absolute Gasteiger partial charge is 0.394 e. The summed E-state index contributed by atoms with van der Waals surface area (Å²) in [6, 6.07) is 0. The van der Waals surface area contributed by atoms with Crippen molar-refractivity contribution in [1.82, 2.24) is 0 Å². The zero-order valence-corrected chi connectivity index (χ0v) is 16.7. The average Bonchev–Trinajstić information content (AvgIpc) is 2.60. The van der Waals surface area contributed by atoms with Crippen LogP contribution in [-0.2, 0) is 9.53 Å². The second-order valence-corrected chi connectivity index (χ2v) is 7.25. The van der Waals surface area contributed by atoms with Gasteiger partial charge in [0.1, 0.15) is 12.2 Å². The molecule has 0 aliphatic rings. The van der Waals surface area contributed by atoms with E-state index in [4.69, 9.17) is 9.84 Å². The Morgan fingerprint density at radius 2 is 1.20 bits per heavy atom. The maximum atomic E-state index is 11.3. The molecule has 0 aromatic carbocycles. The molecule has 0 aliphatic carbocycles. The third-order valence-corrected chi connectivity index (χ3v) is 4.73. The first-order chi connectivity index (χ1) is 12.1. The van der Waals surface area contributed by atoms with Crippen LogP contribution < -0.4 is 0 Å². The lowest BCUT2D eigenvalue weighted by Gasteiger charge is -2.19. The van der Waals surface area contributed by atoms with Crippen LogP contribution in [0.1, 0.15) is 104 Å². The molecule has 2 unspecified atom stereocenters. The highest BCUT2D eigenvalue weighted by molar-refractivity contribution is 5.81. The maximum absolute atomic E-state index is 11.3. The summed E-state index contributed by atoms with van der Waals surface area (Å²) in [5.41, 5.74) is 0. The van der Waals surface area contributed by atoms with Crippen LogP contribution in [0.2, 0.25) is 0 Å². The monoisotopic (exact) mass is 358 g/mol. The van der Waals surface area contributed by atoms with Gasteiger partial charge >= 0.3 is 0 Å². The minimum absolute atomic E-state index is 0.230. The zero-order valence-electron chi connectivity index (χ0n) is 16.7. The molecule has 25 heavy (non-hydrogen) atoms. The Morgan fingerprint density at radius 1 is 0.800 bits per heavy atom. The van der Waals surface area contributed by atoms with Crippen LogP contribution in [0, 0.1) is 0 Å². The van der Waals surface area contributed by atoms with E-state index in [1.54, 1.807) is 0 Å². The highest BCUT2D eigenvalue weighted by atomic mass is 16.5. The van der Waals surface area contributed by atoms with Crippen molar-refractivity contribution >= 4 is 5.78 Å². The first kappa shape index (κ1) is 24.6. The van der Waals surface area contributed by atoms with Crippen LogP contribution >= 0.6 is 0 Å². The topological polar surface area (TPSA) is 66.8 Å². The highest BCUT2D eigenvalue weighted by Gasteiger charge is 2.23. The second-order valence-electron chi connectivity index (χ2n) is 7.25. The van der Waals surface area contributed by atoms with E-state index in [2.05, 4.69) is 6.92 Å². The lowest BCUT2D eigenvalue weighted by atomic mass is 10.0. The Balaban J connectivity index is 3.29. The van der Waals surface area contributed by atoms with Gasteiger partial charge in [0.2, 0.25) is 0 Å². The molecule has 0 radical (unpaired) electrons. The summed E-state index contributed by atoms with van der Waals surface area (Å²) in [4.78, 5) is 11.3. The molecule has 4 nitrogen and oxygen atoms in total. The number of ether oxygens (including phenoxy) is 1. The third kappa shape index (κ3) is 15.5. The van der Waals surface area contributed by atoms with Crippen LogP contribution in [0.3, 0.4) is 0 Å². The van der Waals surface area contributed by atoms with Crippen molar-refractivity contribution in [1.29, 1.82) is 0 Å². The number of Topliss-reactive ketones (excluding diaryl/α,β-unsaturated/α-hetero) is 1. The van der Waals surface area contributed by atoms with Crippen LogP contribution in [0.15, 0.2) is 0 Å². The molecule has 4 heteroatoms. The Hall–Kier alpha value is -0.450. The summed E-state index contributed by atoms with van der Waals surface area (Å²) in [5.74, 6) is -0.230. The van der Waals surface area contributed by atoms with Gasteiger partial charge in [-0.1, -0.05) is 90.4 Å². The molecule has 2 atom stereocenters. The highest BCUT2D eigenvalue weighted by Crippen LogP contribution is 2.13. The van der Waals surface area contributed by atoms with Gasteiger partial charge in [0.15, 0.2) is 5.78 Å². The molecule has 0 spiro atoms. The smallest absolute Gasteiger partial charge is 0.161 e. The molecule has 0 aliphatic heterocycles. The van der Waals surface area contributed by atoms with Gasteiger partial charge in [0, 0.05) is 6.61 Å². The van der Waals surface area contributed by atoms with Crippen molar-refractivity contribution < 1.29 is 19.7 Å². The van der Waals surface area contributed by atoms with Gasteiger partial charge in [-0.25, -0.2) is 0 Å². The normalized spacial score (nSPS) is 13.8.